The van der Waals surface area contributed by atoms with E-state index in [-0.39, 0.29) is 120 Å². The fourth-order valence-electron chi connectivity index (χ4n) is 3.06. The molecular formula is C32H38N3S2Y3-3. The van der Waals surface area contributed by atoms with E-state index in [1.807, 2.05) is 86.1 Å². The average Bonchev–Trinajstić information content (AvgIpc) is 3.49. The molecule has 205 valence electrons. The molecule has 0 fully saturated rings. The van der Waals surface area contributed by atoms with E-state index < -0.39 is 0 Å². The maximum absolute atomic E-state index is 4.33. The third kappa shape index (κ3) is 17.1. The van der Waals surface area contributed by atoms with Crippen molar-refractivity contribution >= 4 is 43.8 Å². The summed E-state index contributed by atoms with van der Waals surface area (Å²) >= 11 is 3.41. The standard InChI is InChI=1S/C10H9N.C8H7NS.C7H8.C4H5NS.3CH3.3Y/c1-8-6-7-11-10-5-3-2-4-9(8)10;1-6-9-7-4-2-3-5-8(7)10-6;1-7-5-3-2-4-6-7;1-4-5-2-3-6-4;;;;;;/h2-7H,1H3;2-5H,1H3;2-6H,1H3;2-3H,1H3;3*1H3;;;/q;;;;3*-1;;;. The molecule has 0 unspecified atom stereocenters. The number of pyridine rings is 1. The zero-order valence-electron chi connectivity index (χ0n) is 24.7. The Morgan fingerprint density at radius 1 is 0.550 bits per heavy atom. The number of aryl methyl sites for hydroxylation is 4. The smallest absolute Gasteiger partial charge is 0.0907 e. The minimum atomic E-state index is 0. The summed E-state index contributed by atoms with van der Waals surface area (Å²) < 4.78 is 1.28. The van der Waals surface area contributed by atoms with Crippen LogP contribution < -0.4 is 0 Å². The van der Waals surface area contributed by atoms with Crippen LogP contribution in [0.4, 0.5) is 0 Å². The molecule has 0 aliphatic carbocycles. The molecule has 0 saturated heterocycles. The van der Waals surface area contributed by atoms with Crippen molar-refractivity contribution in [3.05, 3.63) is 146 Å². The minimum absolute atomic E-state index is 0. The second-order valence-corrected chi connectivity index (χ2v) is 9.88. The molecule has 0 spiro atoms. The van der Waals surface area contributed by atoms with Crippen molar-refractivity contribution in [1.82, 2.24) is 15.0 Å². The molecule has 3 aromatic heterocycles. The van der Waals surface area contributed by atoms with E-state index in [1.165, 1.54) is 21.2 Å². The maximum atomic E-state index is 4.33. The first-order valence-electron chi connectivity index (χ1n) is 11.0. The summed E-state index contributed by atoms with van der Waals surface area (Å²) in [6, 6.07) is 28.7. The van der Waals surface area contributed by atoms with Gasteiger partial charge in [0.1, 0.15) is 0 Å². The molecule has 3 nitrogen and oxygen atoms in total. The van der Waals surface area contributed by atoms with Crippen LogP contribution in [0, 0.1) is 50.0 Å². The van der Waals surface area contributed by atoms with Gasteiger partial charge in [-0.3, -0.25) is 9.97 Å². The van der Waals surface area contributed by atoms with Crippen molar-refractivity contribution in [2.45, 2.75) is 27.7 Å². The van der Waals surface area contributed by atoms with E-state index >= 15 is 0 Å². The number of thiazole rings is 2. The number of hydrogen-bond acceptors (Lipinski definition) is 5. The number of aromatic nitrogens is 3. The molecule has 0 aliphatic rings. The fourth-order valence-corrected chi connectivity index (χ4v) is 4.32. The Morgan fingerprint density at radius 2 is 1.12 bits per heavy atom. The fraction of sp³-hybridized carbons (Fsp3) is 0.125. The van der Waals surface area contributed by atoms with Crippen LogP contribution >= 0.6 is 22.7 Å². The first kappa shape index (κ1) is 46.8. The van der Waals surface area contributed by atoms with Gasteiger partial charge >= 0.3 is 0 Å². The molecule has 40 heavy (non-hydrogen) atoms. The van der Waals surface area contributed by atoms with E-state index in [4.69, 9.17) is 0 Å². The van der Waals surface area contributed by atoms with Crippen LogP contribution in [0.3, 0.4) is 0 Å². The molecule has 6 rings (SSSR count). The number of benzene rings is 3. The topological polar surface area (TPSA) is 38.7 Å². The summed E-state index contributed by atoms with van der Waals surface area (Å²) in [5, 5.41) is 5.49. The van der Waals surface area contributed by atoms with Crippen molar-refractivity contribution in [3.63, 3.8) is 0 Å². The average molecular weight is 796 g/mol. The SMILES string of the molecule is Cc1ccccc1.Cc1ccnc2ccccc12.Cc1nc2ccccc2s1.Cc1nccs1.[CH3-].[CH3-].[CH3-].[Y].[Y].[Y]. The van der Waals surface area contributed by atoms with Gasteiger partial charge in [-0.15, -0.1) is 22.7 Å². The quantitative estimate of drug-likeness (QED) is 0.144. The monoisotopic (exact) mass is 795 g/mol. The second-order valence-electron chi connectivity index (χ2n) is 7.55. The Bertz CT molecular complexity index is 1370. The Labute approximate surface area is 326 Å². The third-order valence-corrected chi connectivity index (χ3v) is 6.42. The molecule has 0 saturated carbocycles. The van der Waals surface area contributed by atoms with E-state index in [2.05, 4.69) is 53.1 Å². The molecule has 8 heteroatoms. The summed E-state index contributed by atoms with van der Waals surface area (Å²) in [6.07, 6.45) is 3.65. The van der Waals surface area contributed by atoms with Gasteiger partial charge in [0.25, 0.3) is 0 Å². The summed E-state index contributed by atoms with van der Waals surface area (Å²) in [7, 11) is 0. The van der Waals surface area contributed by atoms with Crippen LogP contribution in [0.5, 0.6) is 0 Å². The molecule has 0 atom stereocenters. The summed E-state index contributed by atoms with van der Waals surface area (Å²) in [4.78, 5) is 12.5. The van der Waals surface area contributed by atoms with E-state index in [0.717, 1.165) is 21.0 Å². The van der Waals surface area contributed by atoms with Gasteiger partial charge in [-0.05, 0) is 57.5 Å². The number of rotatable bonds is 0. The summed E-state index contributed by atoms with van der Waals surface area (Å²) in [6.45, 7) is 8.21. The van der Waals surface area contributed by atoms with Crippen LogP contribution in [-0.4, -0.2) is 15.0 Å². The third-order valence-electron chi connectivity index (χ3n) is 4.76. The predicted octanol–water partition coefficient (Wildman–Crippen LogP) is 9.94. The zero-order valence-corrected chi connectivity index (χ0v) is 34.9. The van der Waals surface area contributed by atoms with Crippen LogP contribution in [0.2, 0.25) is 0 Å². The second kappa shape index (κ2) is 26.5. The molecule has 0 bridgehead atoms. The van der Waals surface area contributed by atoms with Gasteiger partial charge in [0.2, 0.25) is 0 Å². The molecule has 3 heterocycles. The first-order chi connectivity index (χ1) is 16.5. The van der Waals surface area contributed by atoms with E-state index in [9.17, 15) is 0 Å². The van der Waals surface area contributed by atoms with Crippen molar-refractivity contribution < 1.29 is 98.1 Å². The van der Waals surface area contributed by atoms with Gasteiger partial charge in [-0.1, -0.05) is 66.2 Å². The normalized spacial score (nSPS) is 8.30. The predicted molar refractivity (Wildman–Crippen MR) is 168 cm³/mol. The van der Waals surface area contributed by atoms with E-state index in [1.54, 1.807) is 28.9 Å². The van der Waals surface area contributed by atoms with Gasteiger partial charge in [0.15, 0.2) is 0 Å². The van der Waals surface area contributed by atoms with Crippen molar-refractivity contribution in [2.75, 3.05) is 0 Å². The number of nitrogens with zero attached hydrogens (tertiary/aromatic N) is 3. The van der Waals surface area contributed by atoms with Gasteiger partial charge in [-0.25, -0.2) is 4.98 Å². The van der Waals surface area contributed by atoms with Crippen molar-refractivity contribution in [2.24, 2.45) is 0 Å². The van der Waals surface area contributed by atoms with Crippen molar-refractivity contribution in [3.8, 4) is 0 Å². The Balaban J connectivity index is -0.000000210. The van der Waals surface area contributed by atoms with Crippen LogP contribution in [0.1, 0.15) is 21.1 Å². The number of para-hydroxylation sites is 2. The molecular weight excluding hydrogens is 757 g/mol. The molecule has 3 radical (unpaired) electrons. The molecule has 6 aromatic rings. The Hall–Kier alpha value is -0.0983. The van der Waals surface area contributed by atoms with Gasteiger partial charge in [0, 0.05) is 121 Å². The largest absolute Gasteiger partial charge is 0.358 e. The zero-order chi connectivity index (χ0) is 24.2. The first-order valence-corrected chi connectivity index (χ1v) is 12.7. The maximum Gasteiger partial charge on any atom is 0.0907 e. The molecule has 3 aromatic carbocycles. The summed E-state index contributed by atoms with van der Waals surface area (Å²) in [5.74, 6) is 0. The Morgan fingerprint density at radius 3 is 1.60 bits per heavy atom. The number of fused-ring (bicyclic) bond motifs is 2. The van der Waals surface area contributed by atoms with Crippen molar-refractivity contribution in [1.29, 1.82) is 0 Å². The Kier molecular flexibility index (Phi) is 31.1. The van der Waals surface area contributed by atoms with Crippen LogP contribution in [-0.2, 0) is 98.1 Å². The van der Waals surface area contributed by atoms with Crippen LogP contribution in [0.25, 0.3) is 21.1 Å². The molecule has 0 amide bonds. The van der Waals surface area contributed by atoms with E-state index in [0.29, 0.717) is 0 Å². The molecule has 0 aliphatic heterocycles. The van der Waals surface area contributed by atoms with Gasteiger partial charge in [0.05, 0.1) is 25.7 Å². The van der Waals surface area contributed by atoms with Gasteiger partial charge in [-0.2, -0.15) is 0 Å². The summed E-state index contributed by atoms with van der Waals surface area (Å²) in [5.41, 5.74) is 4.80. The number of hydrogen-bond donors (Lipinski definition) is 0. The van der Waals surface area contributed by atoms with Gasteiger partial charge < -0.3 is 22.3 Å². The molecule has 0 N–H and O–H groups in total. The van der Waals surface area contributed by atoms with Crippen LogP contribution in [0.15, 0.2) is 103 Å². The minimum Gasteiger partial charge on any atom is -0.358 e.